The van der Waals surface area contributed by atoms with Crippen LogP contribution in [-0.4, -0.2) is 11.0 Å². The number of H-pyrrole nitrogens is 1. The van der Waals surface area contributed by atoms with Crippen LogP contribution >= 0.6 is 15.9 Å². The fourth-order valence-corrected chi connectivity index (χ4v) is 1.06. The maximum atomic E-state index is 10.0. The minimum Gasteiger partial charge on any atom is -0.550 e. The Kier molecular flexibility index (Phi) is 2.11. The lowest BCUT2D eigenvalue weighted by atomic mass is 10.3. The Balaban J connectivity index is 2.67. The highest BCUT2D eigenvalue weighted by Crippen LogP contribution is 2.10. The molecule has 1 rings (SSSR count). The molecule has 1 N–H and O–H groups in total. The number of carbonyl (C=O) groups is 1. The third kappa shape index (κ3) is 1.88. The molecule has 0 amide bonds. The summed E-state index contributed by atoms with van der Waals surface area (Å²) in [6.45, 7) is 0. The van der Waals surface area contributed by atoms with Crippen LogP contribution in [0.4, 0.5) is 0 Å². The van der Waals surface area contributed by atoms with Gasteiger partial charge in [-0.15, -0.1) is 0 Å². The van der Waals surface area contributed by atoms with Gasteiger partial charge in [0.15, 0.2) is 0 Å². The van der Waals surface area contributed by atoms with E-state index in [4.69, 9.17) is 0 Å². The summed E-state index contributed by atoms with van der Waals surface area (Å²) in [6, 6.07) is 1.70. The van der Waals surface area contributed by atoms with E-state index in [1.165, 1.54) is 0 Å². The van der Waals surface area contributed by atoms with Gasteiger partial charge in [-0.3, -0.25) is 0 Å². The third-order valence-corrected chi connectivity index (χ3v) is 1.50. The van der Waals surface area contributed by atoms with Crippen molar-refractivity contribution in [2.75, 3.05) is 0 Å². The monoisotopic (exact) mass is 202 g/mol. The van der Waals surface area contributed by atoms with E-state index in [1.54, 1.807) is 12.3 Å². The van der Waals surface area contributed by atoms with Gasteiger partial charge in [-0.1, -0.05) is 0 Å². The SMILES string of the molecule is O=C([O-])Cc1cc(Br)c[nH]1. The second kappa shape index (κ2) is 2.88. The van der Waals surface area contributed by atoms with Crippen molar-refractivity contribution < 1.29 is 9.90 Å². The predicted octanol–water partition coefficient (Wildman–Crippen LogP) is 0.0696. The third-order valence-electron chi connectivity index (χ3n) is 1.04. The van der Waals surface area contributed by atoms with Crippen LogP contribution in [0.25, 0.3) is 0 Å². The summed E-state index contributed by atoms with van der Waals surface area (Å²) in [5.41, 5.74) is 0.645. The highest BCUT2D eigenvalue weighted by molar-refractivity contribution is 9.10. The highest BCUT2D eigenvalue weighted by atomic mass is 79.9. The van der Waals surface area contributed by atoms with Crippen LogP contribution in [-0.2, 0) is 11.2 Å². The average Bonchev–Trinajstić information content (AvgIpc) is 2.13. The fourth-order valence-electron chi connectivity index (χ4n) is 0.669. The summed E-state index contributed by atoms with van der Waals surface area (Å²) < 4.78 is 0.851. The van der Waals surface area contributed by atoms with Crippen molar-refractivity contribution in [2.45, 2.75) is 6.42 Å². The number of aliphatic carboxylic acids is 1. The molecule has 1 heterocycles. The molecule has 0 spiro atoms. The molecule has 0 unspecified atom stereocenters. The van der Waals surface area contributed by atoms with Crippen molar-refractivity contribution in [3.05, 3.63) is 22.4 Å². The number of rotatable bonds is 2. The molecule has 0 fully saturated rings. The molecule has 1 aromatic rings. The molecule has 0 saturated heterocycles. The van der Waals surface area contributed by atoms with E-state index in [2.05, 4.69) is 20.9 Å². The Morgan fingerprint density at radius 1 is 1.80 bits per heavy atom. The first kappa shape index (κ1) is 7.34. The van der Waals surface area contributed by atoms with Gasteiger partial charge in [-0.25, -0.2) is 0 Å². The number of halogens is 1. The van der Waals surface area contributed by atoms with E-state index in [-0.39, 0.29) is 6.42 Å². The van der Waals surface area contributed by atoms with Gasteiger partial charge >= 0.3 is 0 Å². The Bertz CT molecular complexity index is 244. The average molecular weight is 203 g/mol. The Morgan fingerprint density at radius 3 is 2.90 bits per heavy atom. The van der Waals surface area contributed by atoms with Crippen molar-refractivity contribution >= 4 is 21.9 Å². The minimum atomic E-state index is -1.07. The number of nitrogens with one attached hydrogen (secondary N) is 1. The maximum Gasteiger partial charge on any atom is 0.0473 e. The van der Waals surface area contributed by atoms with Gasteiger partial charge < -0.3 is 14.9 Å². The summed E-state index contributed by atoms with van der Waals surface area (Å²) in [4.78, 5) is 12.8. The van der Waals surface area contributed by atoms with E-state index in [0.717, 1.165) is 4.47 Å². The van der Waals surface area contributed by atoms with E-state index in [1.807, 2.05) is 0 Å². The first-order valence-corrected chi connectivity index (χ1v) is 3.50. The molecule has 4 heteroatoms. The molecule has 0 aliphatic carbocycles. The van der Waals surface area contributed by atoms with Crippen LogP contribution in [0.15, 0.2) is 16.7 Å². The maximum absolute atomic E-state index is 10.0. The Hall–Kier alpha value is -0.770. The van der Waals surface area contributed by atoms with Crippen molar-refractivity contribution in [1.29, 1.82) is 0 Å². The van der Waals surface area contributed by atoms with Gasteiger partial charge in [0.2, 0.25) is 0 Å². The summed E-state index contributed by atoms with van der Waals surface area (Å²) in [7, 11) is 0. The van der Waals surface area contributed by atoms with Gasteiger partial charge in [-0.2, -0.15) is 0 Å². The zero-order valence-corrected chi connectivity index (χ0v) is 6.64. The number of carboxylic acids is 1. The van der Waals surface area contributed by atoms with Gasteiger partial charge in [-0.05, 0) is 22.0 Å². The molecule has 0 aromatic carbocycles. The number of carboxylic acid groups (broad SMARTS) is 1. The van der Waals surface area contributed by atoms with Gasteiger partial charge in [0.25, 0.3) is 0 Å². The van der Waals surface area contributed by atoms with Crippen molar-refractivity contribution in [3.8, 4) is 0 Å². The number of hydrogen-bond donors (Lipinski definition) is 1. The first-order chi connectivity index (χ1) is 4.68. The quantitative estimate of drug-likeness (QED) is 0.739. The molecule has 0 aliphatic rings. The number of hydrogen-bond acceptors (Lipinski definition) is 2. The Morgan fingerprint density at radius 2 is 2.50 bits per heavy atom. The van der Waals surface area contributed by atoms with Gasteiger partial charge in [0.1, 0.15) is 0 Å². The number of carbonyl (C=O) groups excluding carboxylic acids is 1. The largest absolute Gasteiger partial charge is 0.550 e. The molecule has 0 bridgehead atoms. The molecule has 0 saturated carbocycles. The molecule has 1 aromatic heterocycles. The summed E-state index contributed by atoms with van der Waals surface area (Å²) >= 11 is 3.18. The number of aromatic amines is 1. The van der Waals surface area contributed by atoms with Crippen LogP contribution in [0.1, 0.15) is 5.69 Å². The minimum absolute atomic E-state index is 0.0639. The van der Waals surface area contributed by atoms with Gasteiger partial charge in [0.05, 0.1) is 0 Å². The Labute approximate surface area is 66.2 Å². The van der Waals surface area contributed by atoms with E-state index >= 15 is 0 Å². The summed E-state index contributed by atoms with van der Waals surface area (Å²) in [6.07, 6.45) is 1.61. The van der Waals surface area contributed by atoms with Crippen LogP contribution in [0.5, 0.6) is 0 Å². The van der Waals surface area contributed by atoms with E-state index in [0.29, 0.717) is 5.69 Å². The second-order valence-electron chi connectivity index (χ2n) is 1.89. The van der Waals surface area contributed by atoms with Crippen LogP contribution in [0.2, 0.25) is 0 Å². The molecular weight excluding hydrogens is 198 g/mol. The molecule has 3 nitrogen and oxygen atoms in total. The van der Waals surface area contributed by atoms with Crippen LogP contribution in [0, 0.1) is 0 Å². The zero-order chi connectivity index (χ0) is 7.56. The molecule has 0 radical (unpaired) electrons. The molecule has 0 aliphatic heterocycles. The van der Waals surface area contributed by atoms with Crippen molar-refractivity contribution in [1.82, 2.24) is 4.98 Å². The van der Waals surface area contributed by atoms with Crippen molar-refractivity contribution in [2.24, 2.45) is 0 Å². The van der Waals surface area contributed by atoms with E-state index in [9.17, 15) is 9.90 Å². The first-order valence-electron chi connectivity index (χ1n) is 2.71. The second-order valence-corrected chi connectivity index (χ2v) is 2.81. The number of aromatic nitrogens is 1. The summed E-state index contributed by atoms with van der Waals surface area (Å²) in [5, 5.41) is 10.0. The topological polar surface area (TPSA) is 55.9 Å². The standard InChI is InChI=1S/C6H6BrNO2/c7-4-1-5(8-3-4)2-6(9)10/h1,3,8H,2H2,(H,9,10)/p-1. The van der Waals surface area contributed by atoms with Crippen molar-refractivity contribution in [3.63, 3.8) is 0 Å². The molecule has 10 heavy (non-hydrogen) atoms. The van der Waals surface area contributed by atoms with Crippen LogP contribution < -0.4 is 5.11 Å². The lowest BCUT2D eigenvalue weighted by Gasteiger charge is -1.96. The highest BCUT2D eigenvalue weighted by Gasteiger charge is 1.94. The zero-order valence-electron chi connectivity index (χ0n) is 5.06. The summed E-state index contributed by atoms with van der Waals surface area (Å²) in [5.74, 6) is -1.07. The fraction of sp³-hybridized carbons (Fsp3) is 0.167. The lowest BCUT2D eigenvalue weighted by molar-refractivity contribution is -0.304. The smallest absolute Gasteiger partial charge is 0.0473 e. The molecular formula is C6H5BrNO2-. The molecule has 54 valence electrons. The molecule has 0 atom stereocenters. The van der Waals surface area contributed by atoms with E-state index < -0.39 is 5.97 Å². The van der Waals surface area contributed by atoms with Crippen LogP contribution in [0.3, 0.4) is 0 Å². The predicted molar refractivity (Wildman–Crippen MR) is 37.2 cm³/mol. The van der Waals surface area contributed by atoms with Gasteiger partial charge in [0, 0.05) is 28.8 Å². The normalized spacial score (nSPS) is 9.70. The lowest BCUT2D eigenvalue weighted by Crippen LogP contribution is -2.24.